The van der Waals surface area contributed by atoms with Gasteiger partial charge in [-0.2, -0.15) is 0 Å². The summed E-state index contributed by atoms with van der Waals surface area (Å²) in [4.78, 5) is 11.8. The van der Waals surface area contributed by atoms with Gasteiger partial charge in [0.25, 0.3) is 0 Å². The van der Waals surface area contributed by atoms with Crippen LogP contribution in [-0.4, -0.2) is 25.6 Å². The lowest BCUT2D eigenvalue weighted by Crippen LogP contribution is -2.38. The molecule has 0 spiro atoms. The molecule has 3 N–H and O–H groups in total. The van der Waals surface area contributed by atoms with Crippen molar-refractivity contribution in [3.05, 3.63) is 29.8 Å². The van der Waals surface area contributed by atoms with E-state index in [9.17, 15) is 4.79 Å². The highest BCUT2D eigenvalue weighted by molar-refractivity contribution is 5.85. The zero-order valence-electron chi connectivity index (χ0n) is 11.7. The van der Waals surface area contributed by atoms with Gasteiger partial charge in [-0.25, -0.2) is 0 Å². The fourth-order valence-corrected chi connectivity index (χ4v) is 1.74. The van der Waals surface area contributed by atoms with Gasteiger partial charge in [-0.3, -0.25) is 4.79 Å². The molecule has 5 heteroatoms. The Hall–Kier alpha value is -1.26. The molecule has 1 aromatic rings. The average molecular weight is 287 g/mol. The smallest absolute Gasteiger partial charge is 0.220 e. The predicted octanol–water partition coefficient (Wildman–Crippen LogP) is 2.07. The predicted molar refractivity (Wildman–Crippen MR) is 79.9 cm³/mol. The van der Waals surface area contributed by atoms with Crippen molar-refractivity contribution < 1.29 is 9.53 Å². The number of carbonyl (C=O) groups is 1. The maximum absolute atomic E-state index is 11.8. The summed E-state index contributed by atoms with van der Waals surface area (Å²) in [5, 5.41) is 2.86. The molecule has 0 bridgehead atoms. The number of methoxy groups -OCH3 is 1. The van der Waals surface area contributed by atoms with Crippen molar-refractivity contribution in [2.75, 3.05) is 13.7 Å². The number of nitrogens with one attached hydrogen (secondary N) is 1. The monoisotopic (exact) mass is 286 g/mol. The van der Waals surface area contributed by atoms with Gasteiger partial charge in [0.2, 0.25) is 5.91 Å². The molecule has 19 heavy (non-hydrogen) atoms. The summed E-state index contributed by atoms with van der Waals surface area (Å²) in [5.41, 5.74) is 6.57. The summed E-state index contributed by atoms with van der Waals surface area (Å²) in [6.07, 6.45) is 0.456. The lowest BCUT2D eigenvalue weighted by Gasteiger charge is -2.15. The van der Waals surface area contributed by atoms with Crippen LogP contribution in [0.25, 0.3) is 0 Å². The van der Waals surface area contributed by atoms with E-state index in [2.05, 4.69) is 5.32 Å². The highest BCUT2D eigenvalue weighted by Crippen LogP contribution is 2.22. The number of carbonyl (C=O) groups excluding carboxylic acids is 1. The molecular weight excluding hydrogens is 264 g/mol. The lowest BCUT2D eigenvalue weighted by molar-refractivity contribution is -0.121. The molecule has 0 fully saturated rings. The lowest BCUT2D eigenvalue weighted by atomic mass is 9.97. The van der Waals surface area contributed by atoms with Crippen LogP contribution in [0.15, 0.2) is 24.3 Å². The van der Waals surface area contributed by atoms with E-state index in [1.807, 2.05) is 38.1 Å². The fraction of sp³-hybridized carbons (Fsp3) is 0.500. The summed E-state index contributed by atoms with van der Waals surface area (Å²) in [6.45, 7) is 4.38. The second-order valence-corrected chi connectivity index (χ2v) is 4.59. The first-order chi connectivity index (χ1) is 8.56. The van der Waals surface area contributed by atoms with Crippen LogP contribution in [0.2, 0.25) is 0 Å². The largest absolute Gasteiger partial charge is 0.497 e. The third-order valence-corrected chi connectivity index (χ3v) is 2.92. The van der Waals surface area contributed by atoms with Crippen molar-refractivity contribution in [1.82, 2.24) is 5.32 Å². The second-order valence-electron chi connectivity index (χ2n) is 4.59. The van der Waals surface area contributed by atoms with Gasteiger partial charge >= 0.3 is 0 Å². The van der Waals surface area contributed by atoms with Gasteiger partial charge in [0, 0.05) is 19.0 Å². The molecule has 1 amide bonds. The van der Waals surface area contributed by atoms with E-state index in [0.717, 1.165) is 11.3 Å². The molecule has 0 aliphatic carbocycles. The van der Waals surface area contributed by atoms with Gasteiger partial charge in [0.05, 0.1) is 7.11 Å². The molecule has 2 atom stereocenters. The number of ether oxygens (including phenoxy) is 1. The number of hydrogen-bond donors (Lipinski definition) is 2. The minimum absolute atomic E-state index is 0. The number of benzene rings is 1. The van der Waals surface area contributed by atoms with Crippen LogP contribution in [-0.2, 0) is 4.79 Å². The molecule has 0 aliphatic heterocycles. The topological polar surface area (TPSA) is 64.3 Å². The standard InChI is InChI=1S/C14H22N2O2.ClH/c1-10(7-14(17)16-11(2)9-15)12-5-4-6-13(8-12)18-3;/h4-6,8,10-11H,7,9,15H2,1-3H3,(H,16,17);1H/t10?,11-;/m0./s1. The number of nitrogens with two attached hydrogens (primary N) is 1. The molecule has 1 aromatic carbocycles. The highest BCUT2D eigenvalue weighted by atomic mass is 35.5. The van der Waals surface area contributed by atoms with Crippen molar-refractivity contribution in [2.45, 2.75) is 32.2 Å². The van der Waals surface area contributed by atoms with E-state index in [0.29, 0.717) is 13.0 Å². The highest BCUT2D eigenvalue weighted by Gasteiger charge is 2.13. The second kappa shape index (κ2) is 8.77. The van der Waals surface area contributed by atoms with Crippen molar-refractivity contribution >= 4 is 18.3 Å². The quantitative estimate of drug-likeness (QED) is 0.841. The summed E-state index contributed by atoms with van der Waals surface area (Å²) in [7, 11) is 1.64. The van der Waals surface area contributed by atoms with Gasteiger partial charge in [0.15, 0.2) is 0 Å². The third-order valence-electron chi connectivity index (χ3n) is 2.92. The zero-order valence-corrected chi connectivity index (χ0v) is 12.5. The van der Waals surface area contributed by atoms with E-state index in [1.54, 1.807) is 7.11 Å². The number of halogens is 1. The van der Waals surface area contributed by atoms with Crippen molar-refractivity contribution in [1.29, 1.82) is 0 Å². The number of amides is 1. The average Bonchev–Trinajstić information content (AvgIpc) is 2.38. The molecule has 0 heterocycles. The van der Waals surface area contributed by atoms with Crippen molar-refractivity contribution in [3.8, 4) is 5.75 Å². The summed E-state index contributed by atoms with van der Waals surface area (Å²) in [5.74, 6) is 1.00. The first kappa shape index (κ1) is 17.7. The minimum atomic E-state index is 0. The Labute approximate surface area is 121 Å². The molecule has 0 aliphatic rings. The van der Waals surface area contributed by atoms with Crippen LogP contribution in [0.3, 0.4) is 0 Å². The molecular formula is C14H23ClN2O2. The van der Waals surface area contributed by atoms with Crippen molar-refractivity contribution in [2.24, 2.45) is 5.73 Å². The maximum Gasteiger partial charge on any atom is 0.220 e. The van der Waals surface area contributed by atoms with Crippen LogP contribution in [0.4, 0.5) is 0 Å². The molecule has 4 nitrogen and oxygen atoms in total. The normalized spacial score (nSPS) is 13.1. The summed E-state index contributed by atoms with van der Waals surface area (Å²) in [6, 6.07) is 7.82. The number of hydrogen-bond acceptors (Lipinski definition) is 3. The Kier molecular flexibility index (Phi) is 8.19. The SMILES string of the molecule is COc1cccc(C(C)CC(=O)N[C@@H](C)CN)c1.Cl. The molecule has 1 unspecified atom stereocenters. The van der Waals surface area contributed by atoms with Gasteiger partial charge < -0.3 is 15.8 Å². The Morgan fingerprint density at radius 2 is 2.11 bits per heavy atom. The van der Waals surface area contributed by atoms with E-state index in [-0.39, 0.29) is 30.3 Å². The Bertz CT molecular complexity index is 399. The van der Waals surface area contributed by atoms with E-state index in [1.165, 1.54) is 0 Å². The Morgan fingerprint density at radius 1 is 1.42 bits per heavy atom. The van der Waals surface area contributed by atoms with Gasteiger partial charge in [0.1, 0.15) is 5.75 Å². The van der Waals surface area contributed by atoms with Crippen LogP contribution in [0.5, 0.6) is 5.75 Å². The zero-order chi connectivity index (χ0) is 13.5. The first-order valence-corrected chi connectivity index (χ1v) is 6.20. The van der Waals surface area contributed by atoms with Crippen molar-refractivity contribution in [3.63, 3.8) is 0 Å². The Balaban J connectivity index is 0.00000324. The molecule has 108 valence electrons. The summed E-state index contributed by atoms with van der Waals surface area (Å²) < 4.78 is 5.17. The van der Waals surface area contributed by atoms with Gasteiger partial charge in [-0.15, -0.1) is 12.4 Å². The third kappa shape index (κ3) is 5.94. The van der Waals surface area contributed by atoms with Crippen LogP contribution in [0, 0.1) is 0 Å². The molecule has 0 radical (unpaired) electrons. The van der Waals surface area contributed by atoms with Crippen LogP contribution in [0.1, 0.15) is 31.7 Å². The molecule has 1 rings (SSSR count). The molecule has 0 saturated carbocycles. The van der Waals surface area contributed by atoms with E-state index in [4.69, 9.17) is 10.5 Å². The Morgan fingerprint density at radius 3 is 2.68 bits per heavy atom. The van der Waals surface area contributed by atoms with E-state index >= 15 is 0 Å². The minimum Gasteiger partial charge on any atom is -0.497 e. The molecule has 0 aromatic heterocycles. The van der Waals surface area contributed by atoms with Gasteiger partial charge in [-0.05, 0) is 30.5 Å². The summed E-state index contributed by atoms with van der Waals surface area (Å²) >= 11 is 0. The number of rotatable bonds is 6. The van der Waals surface area contributed by atoms with Crippen LogP contribution < -0.4 is 15.8 Å². The van der Waals surface area contributed by atoms with Crippen LogP contribution >= 0.6 is 12.4 Å². The van der Waals surface area contributed by atoms with E-state index < -0.39 is 0 Å². The molecule has 0 saturated heterocycles. The fourth-order valence-electron chi connectivity index (χ4n) is 1.74. The van der Waals surface area contributed by atoms with Gasteiger partial charge in [-0.1, -0.05) is 19.1 Å². The maximum atomic E-state index is 11.8. The first-order valence-electron chi connectivity index (χ1n) is 6.20.